The molecule has 0 spiro atoms. The molecule has 0 saturated carbocycles. The van der Waals surface area contributed by atoms with Gasteiger partial charge in [0.15, 0.2) is 5.78 Å². The van der Waals surface area contributed by atoms with Crippen LogP contribution in [-0.4, -0.2) is 29.6 Å². The molecule has 0 bridgehead atoms. The number of aliphatic hydroxyl groups is 1. The summed E-state index contributed by atoms with van der Waals surface area (Å²) in [6.07, 6.45) is 0. The molecule has 0 aliphatic rings. The maximum atomic E-state index is 11.4. The molecule has 3 N–H and O–H groups in total. The first-order valence-corrected chi connectivity index (χ1v) is 5.32. The third kappa shape index (κ3) is 4.24. The van der Waals surface area contributed by atoms with Crippen molar-refractivity contribution in [3.05, 3.63) is 29.8 Å². The SMILES string of the molecule is CC(=O)c1cccc(NC(=O)N[C@@H](C)CO)c1. The number of Topliss-reactive ketones (excluding diaryl/α,β-unsaturated/α-hetero) is 1. The molecule has 0 fully saturated rings. The summed E-state index contributed by atoms with van der Waals surface area (Å²) in [5.41, 5.74) is 1.08. The van der Waals surface area contributed by atoms with Crippen molar-refractivity contribution in [2.75, 3.05) is 11.9 Å². The molecule has 1 aromatic carbocycles. The number of hydrogen-bond donors (Lipinski definition) is 3. The van der Waals surface area contributed by atoms with Gasteiger partial charge in [-0.05, 0) is 26.0 Å². The van der Waals surface area contributed by atoms with Crippen LogP contribution >= 0.6 is 0 Å². The maximum Gasteiger partial charge on any atom is 0.319 e. The van der Waals surface area contributed by atoms with Crippen molar-refractivity contribution < 1.29 is 14.7 Å². The quantitative estimate of drug-likeness (QED) is 0.691. The molecule has 0 saturated heterocycles. The van der Waals surface area contributed by atoms with Crippen LogP contribution in [0.2, 0.25) is 0 Å². The second kappa shape index (κ2) is 6.00. The summed E-state index contributed by atoms with van der Waals surface area (Å²) >= 11 is 0. The number of carbonyl (C=O) groups is 2. The standard InChI is InChI=1S/C12H16N2O3/c1-8(7-15)13-12(17)14-11-5-3-4-10(6-11)9(2)16/h3-6,8,15H,7H2,1-2H3,(H2,13,14,17)/t8-/m0/s1. The van der Waals surface area contributed by atoms with Crippen molar-refractivity contribution in [2.45, 2.75) is 19.9 Å². The van der Waals surface area contributed by atoms with Crippen LogP contribution in [0, 0.1) is 0 Å². The predicted molar refractivity (Wildman–Crippen MR) is 65.1 cm³/mol. The number of benzene rings is 1. The highest BCUT2D eigenvalue weighted by Gasteiger charge is 2.07. The van der Waals surface area contributed by atoms with Gasteiger partial charge >= 0.3 is 6.03 Å². The Kier molecular flexibility index (Phi) is 4.66. The molecule has 1 atom stereocenters. The number of ketones is 1. The van der Waals surface area contributed by atoms with Gasteiger partial charge in [-0.1, -0.05) is 12.1 Å². The van der Waals surface area contributed by atoms with Gasteiger partial charge in [-0.25, -0.2) is 4.79 Å². The van der Waals surface area contributed by atoms with E-state index in [4.69, 9.17) is 5.11 Å². The Balaban J connectivity index is 2.65. The van der Waals surface area contributed by atoms with Crippen LogP contribution < -0.4 is 10.6 Å². The summed E-state index contributed by atoms with van der Waals surface area (Å²) in [5, 5.41) is 13.9. The van der Waals surface area contributed by atoms with E-state index in [0.717, 1.165) is 0 Å². The second-order valence-corrected chi connectivity index (χ2v) is 3.82. The van der Waals surface area contributed by atoms with Crippen LogP contribution in [0.5, 0.6) is 0 Å². The van der Waals surface area contributed by atoms with E-state index < -0.39 is 6.03 Å². The molecule has 0 heterocycles. The molecule has 92 valence electrons. The number of amides is 2. The molecule has 1 rings (SSSR count). The zero-order valence-corrected chi connectivity index (χ0v) is 9.86. The molecule has 0 radical (unpaired) electrons. The van der Waals surface area contributed by atoms with Gasteiger partial charge in [-0.15, -0.1) is 0 Å². The van der Waals surface area contributed by atoms with Crippen molar-refractivity contribution in [2.24, 2.45) is 0 Å². The lowest BCUT2D eigenvalue weighted by Crippen LogP contribution is -2.38. The van der Waals surface area contributed by atoms with Crippen LogP contribution in [-0.2, 0) is 0 Å². The fraction of sp³-hybridized carbons (Fsp3) is 0.333. The Hall–Kier alpha value is -1.88. The average molecular weight is 236 g/mol. The highest BCUT2D eigenvalue weighted by molar-refractivity contribution is 5.96. The van der Waals surface area contributed by atoms with Gasteiger partial charge in [-0.3, -0.25) is 4.79 Å². The van der Waals surface area contributed by atoms with Crippen molar-refractivity contribution in [1.29, 1.82) is 0 Å². The van der Waals surface area contributed by atoms with E-state index >= 15 is 0 Å². The fourth-order valence-corrected chi connectivity index (χ4v) is 1.25. The normalized spacial score (nSPS) is 11.7. The van der Waals surface area contributed by atoms with Gasteiger partial charge in [0.2, 0.25) is 0 Å². The Morgan fingerprint density at radius 3 is 2.71 bits per heavy atom. The number of urea groups is 1. The fourth-order valence-electron chi connectivity index (χ4n) is 1.25. The minimum Gasteiger partial charge on any atom is -0.394 e. The Morgan fingerprint density at radius 1 is 1.41 bits per heavy atom. The largest absolute Gasteiger partial charge is 0.394 e. The topological polar surface area (TPSA) is 78.4 Å². The highest BCUT2D eigenvalue weighted by Crippen LogP contribution is 2.10. The summed E-state index contributed by atoms with van der Waals surface area (Å²) in [7, 11) is 0. The summed E-state index contributed by atoms with van der Waals surface area (Å²) in [4.78, 5) is 22.6. The first-order valence-electron chi connectivity index (χ1n) is 5.32. The Bertz CT molecular complexity index is 418. The summed E-state index contributed by atoms with van der Waals surface area (Å²) in [6, 6.07) is 5.95. The van der Waals surface area contributed by atoms with Gasteiger partial charge in [0.1, 0.15) is 0 Å². The lowest BCUT2D eigenvalue weighted by molar-refractivity contribution is 0.101. The molecule has 2 amide bonds. The minimum atomic E-state index is -0.410. The summed E-state index contributed by atoms with van der Waals surface area (Å²) in [5.74, 6) is -0.0576. The zero-order chi connectivity index (χ0) is 12.8. The van der Waals surface area contributed by atoms with E-state index in [2.05, 4.69) is 10.6 Å². The number of rotatable bonds is 4. The van der Waals surface area contributed by atoms with Gasteiger partial charge < -0.3 is 15.7 Å². The van der Waals surface area contributed by atoms with Crippen LogP contribution in [0.1, 0.15) is 24.2 Å². The molecule has 1 aromatic rings. The van der Waals surface area contributed by atoms with E-state index in [-0.39, 0.29) is 18.4 Å². The van der Waals surface area contributed by atoms with Crippen LogP contribution in [0.15, 0.2) is 24.3 Å². The van der Waals surface area contributed by atoms with Crippen molar-refractivity contribution >= 4 is 17.5 Å². The number of carbonyl (C=O) groups excluding carboxylic acids is 2. The third-order valence-corrected chi connectivity index (χ3v) is 2.18. The Labute approximate surface area is 99.8 Å². The van der Waals surface area contributed by atoms with E-state index in [1.807, 2.05) is 0 Å². The number of aliphatic hydroxyl groups excluding tert-OH is 1. The molecular formula is C12H16N2O3. The predicted octanol–water partition coefficient (Wildman–Crippen LogP) is 1.39. The van der Waals surface area contributed by atoms with E-state index in [0.29, 0.717) is 11.3 Å². The van der Waals surface area contributed by atoms with Crippen molar-refractivity contribution in [3.63, 3.8) is 0 Å². The summed E-state index contributed by atoms with van der Waals surface area (Å²) in [6.45, 7) is 3.03. The summed E-state index contributed by atoms with van der Waals surface area (Å²) < 4.78 is 0. The van der Waals surface area contributed by atoms with Crippen molar-refractivity contribution in [1.82, 2.24) is 5.32 Å². The third-order valence-electron chi connectivity index (χ3n) is 2.18. The number of anilines is 1. The average Bonchev–Trinajstić information content (AvgIpc) is 2.28. The smallest absolute Gasteiger partial charge is 0.319 e. The van der Waals surface area contributed by atoms with Crippen molar-refractivity contribution in [3.8, 4) is 0 Å². The number of nitrogens with one attached hydrogen (secondary N) is 2. The second-order valence-electron chi connectivity index (χ2n) is 3.82. The molecular weight excluding hydrogens is 220 g/mol. The monoisotopic (exact) mass is 236 g/mol. The molecule has 5 nitrogen and oxygen atoms in total. The first kappa shape index (κ1) is 13.2. The maximum absolute atomic E-state index is 11.4. The molecule has 0 aliphatic carbocycles. The highest BCUT2D eigenvalue weighted by atomic mass is 16.3. The molecule has 0 aromatic heterocycles. The lowest BCUT2D eigenvalue weighted by atomic mass is 10.1. The van der Waals surface area contributed by atoms with Gasteiger partial charge in [0.05, 0.1) is 12.6 Å². The molecule has 0 aliphatic heterocycles. The van der Waals surface area contributed by atoms with E-state index in [9.17, 15) is 9.59 Å². The first-order chi connectivity index (χ1) is 8.02. The zero-order valence-electron chi connectivity index (χ0n) is 9.86. The number of hydrogen-bond acceptors (Lipinski definition) is 3. The van der Waals surface area contributed by atoms with Gasteiger partial charge in [0.25, 0.3) is 0 Å². The van der Waals surface area contributed by atoms with Gasteiger partial charge in [-0.2, -0.15) is 0 Å². The van der Waals surface area contributed by atoms with Crippen LogP contribution in [0.25, 0.3) is 0 Å². The molecule has 17 heavy (non-hydrogen) atoms. The van der Waals surface area contributed by atoms with Crippen LogP contribution in [0.3, 0.4) is 0 Å². The molecule has 5 heteroatoms. The van der Waals surface area contributed by atoms with E-state index in [1.165, 1.54) is 6.92 Å². The lowest BCUT2D eigenvalue weighted by Gasteiger charge is -2.12. The van der Waals surface area contributed by atoms with E-state index in [1.54, 1.807) is 31.2 Å². The van der Waals surface area contributed by atoms with Gasteiger partial charge in [0, 0.05) is 11.3 Å². The Morgan fingerprint density at radius 2 is 2.12 bits per heavy atom. The minimum absolute atomic E-state index is 0.0576. The molecule has 0 unspecified atom stereocenters. The van der Waals surface area contributed by atoms with Crippen LogP contribution in [0.4, 0.5) is 10.5 Å².